The van der Waals surface area contributed by atoms with Gasteiger partial charge in [0.25, 0.3) is 11.8 Å². The molecule has 0 aliphatic carbocycles. The van der Waals surface area contributed by atoms with Crippen LogP contribution in [0.3, 0.4) is 0 Å². The molecule has 0 saturated heterocycles. The minimum atomic E-state index is -0.239. The lowest BCUT2D eigenvalue weighted by atomic mass is 10.1. The van der Waals surface area contributed by atoms with Crippen LogP contribution in [-0.4, -0.2) is 32.6 Å². The Bertz CT molecular complexity index is 913. The van der Waals surface area contributed by atoms with Gasteiger partial charge in [-0.15, -0.1) is 0 Å². The van der Waals surface area contributed by atoms with Crippen LogP contribution in [-0.2, 0) is 6.42 Å². The molecule has 3 heterocycles. The predicted molar refractivity (Wildman–Crippen MR) is 85.7 cm³/mol. The molecule has 23 heavy (non-hydrogen) atoms. The van der Waals surface area contributed by atoms with Gasteiger partial charge in [0.2, 0.25) is 0 Å². The summed E-state index contributed by atoms with van der Waals surface area (Å²) in [6.07, 6.45) is 4.14. The van der Waals surface area contributed by atoms with Gasteiger partial charge in [-0.3, -0.25) is 14.5 Å². The maximum absolute atomic E-state index is 12.3. The van der Waals surface area contributed by atoms with Crippen LogP contribution in [0.25, 0.3) is 5.65 Å². The zero-order valence-electron chi connectivity index (χ0n) is 12.1. The van der Waals surface area contributed by atoms with Crippen molar-refractivity contribution >= 4 is 29.1 Å². The molecule has 4 rings (SSSR count). The number of imide groups is 1. The number of carbonyl (C=O) groups excluding carboxylic acids is 2. The molecule has 1 aliphatic rings. The van der Waals surface area contributed by atoms with Crippen molar-refractivity contribution in [1.82, 2.24) is 14.3 Å². The first-order valence-corrected chi connectivity index (χ1v) is 7.59. The molecule has 0 saturated carbocycles. The van der Waals surface area contributed by atoms with Crippen LogP contribution in [0.2, 0.25) is 5.02 Å². The molecular formula is C17H12ClN3O2. The van der Waals surface area contributed by atoms with E-state index in [0.717, 1.165) is 11.3 Å². The molecule has 0 atom stereocenters. The first kappa shape index (κ1) is 14.0. The molecule has 0 bridgehead atoms. The quantitative estimate of drug-likeness (QED) is 0.696. The summed E-state index contributed by atoms with van der Waals surface area (Å²) >= 11 is 5.95. The molecule has 1 aromatic carbocycles. The number of fused-ring (bicyclic) bond motifs is 2. The van der Waals surface area contributed by atoms with Gasteiger partial charge >= 0.3 is 0 Å². The van der Waals surface area contributed by atoms with Gasteiger partial charge in [0.05, 0.1) is 21.8 Å². The van der Waals surface area contributed by atoms with Crippen molar-refractivity contribution in [2.75, 3.05) is 6.54 Å². The highest BCUT2D eigenvalue weighted by Crippen LogP contribution is 2.22. The summed E-state index contributed by atoms with van der Waals surface area (Å²) in [5.41, 5.74) is 2.54. The summed E-state index contributed by atoms with van der Waals surface area (Å²) in [6, 6.07) is 10.5. The molecule has 0 spiro atoms. The van der Waals surface area contributed by atoms with Crippen molar-refractivity contribution < 1.29 is 9.59 Å². The van der Waals surface area contributed by atoms with Gasteiger partial charge in [-0.1, -0.05) is 23.7 Å². The number of amides is 2. The molecule has 0 unspecified atom stereocenters. The topological polar surface area (TPSA) is 54.7 Å². The molecule has 2 aromatic heterocycles. The van der Waals surface area contributed by atoms with Crippen molar-refractivity contribution in [2.24, 2.45) is 0 Å². The van der Waals surface area contributed by atoms with Gasteiger partial charge in [0.15, 0.2) is 0 Å². The van der Waals surface area contributed by atoms with Gasteiger partial charge in [-0.25, -0.2) is 4.98 Å². The Morgan fingerprint density at radius 2 is 1.65 bits per heavy atom. The third-order valence-corrected chi connectivity index (χ3v) is 4.16. The van der Waals surface area contributed by atoms with Gasteiger partial charge in [0, 0.05) is 25.4 Å². The fraction of sp³-hybridized carbons (Fsp3) is 0.118. The van der Waals surface area contributed by atoms with E-state index in [4.69, 9.17) is 11.6 Å². The van der Waals surface area contributed by atoms with E-state index >= 15 is 0 Å². The normalized spacial score (nSPS) is 13.9. The molecule has 0 fully saturated rings. The van der Waals surface area contributed by atoms with Crippen molar-refractivity contribution in [3.63, 3.8) is 0 Å². The summed E-state index contributed by atoms with van der Waals surface area (Å²) in [6.45, 7) is 0.309. The second kappa shape index (κ2) is 5.21. The van der Waals surface area contributed by atoms with E-state index in [0.29, 0.717) is 29.1 Å². The van der Waals surface area contributed by atoms with Crippen molar-refractivity contribution in [2.45, 2.75) is 6.42 Å². The zero-order chi connectivity index (χ0) is 16.0. The second-order valence-electron chi connectivity index (χ2n) is 5.40. The number of aromatic nitrogens is 2. The first-order valence-electron chi connectivity index (χ1n) is 7.22. The predicted octanol–water partition coefficient (Wildman–Crippen LogP) is 2.83. The van der Waals surface area contributed by atoms with Crippen LogP contribution < -0.4 is 0 Å². The minimum Gasteiger partial charge on any atom is -0.305 e. The number of pyridine rings is 1. The van der Waals surface area contributed by atoms with Gasteiger partial charge in [0.1, 0.15) is 5.65 Å². The largest absolute Gasteiger partial charge is 0.305 e. The minimum absolute atomic E-state index is 0.239. The standard InChI is InChI=1S/C17H12ClN3O2/c18-11-5-6-15-19-12(10-20(15)9-11)7-8-21-16(22)13-3-1-2-4-14(13)17(21)23/h1-6,9-10H,7-8H2. The van der Waals surface area contributed by atoms with Crippen molar-refractivity contribution in [3.05, 3.63) is 70.6 Å². The number of carbonyl (C=O) groups is 2. The van der Waals surface area contributed by atoms with Gasteiger partial charge < -0.3 is 4.40 Å². The molecule has 114 valence electrons. The van der Waals surface area contributed by atoms with E-state index in [1.807, 2.05) is 16.7 Å². The van der Waals surface area contributed by atoms with E-state index in [-0.39, 0.29) is 11.8 Å². The third-order valence-electron chi connectivity index (χ3n) is 3.93. The Balaban J connectivity index is 1.55. The average molecular weight is 326 g/mol. The van der Waals surface area contributed by atoms with Crippen LogP contribution in [0.4, 0.5) is 0 Å². The summed E-state index contributed by atoms with van der Waals surface area (Å²) in [5.74, 6) is -0.477. The lowest BCUT2D eigenvalue weighted by Crippen LogP contribution is -2.31. The van der Waals surface area contributed by atoms with Crippen LogP contribution >= 0.6 is 11.6 Å². The van der Waals surface area contributed by atoms with E-state index in [1.165, 1.54) is 4.90 Å². The van der Waals surface area contributed by atoms with E-state index < -0.39 is 0 Å². The average Bonchev–Trinajstić information content (AvgIpc) is 3.06. The Kier molecular flexibility index (Phi) is 3.16. The summed E-state index contributed by atoms with van der Waals surface area (Å²) in [4.78, 5) is 30.4. The maximum Gasteiger partial charge on any atom is 0.261 e. The Morgan fingerprint density at radius 3 is 2.35 bits per heavy atom. The molecular weight excluding hydrogens is 314 g/mol. The molecule has 2 amide bonds. The summed E-state index contributed by atoms with van der Waals surface area (Å²) < 4.78 is 1.83. The Labute approximate surface area is 137 Å². The smallest absolute Gasteiger partial charge is 0.261 e. The molecule has 1 aliphatic heterocycles. The maximum atomic E-state index is 12.3. The monoisotopic (exact) mass is 325 g/mol. The highest BCUT2D eigenvalue weighted by atomic mass is 35.5. The van der Waals surface area contributed by atoms with Gasteiger partial charge in [-0.05, 0) is 24.3 Å². The van der Waals surface area contributed by atoms with Crippen LogP contribution in [0.15, 0.2) is 48.8 Å². The fourth-order valence-corrected chi connectivity index (χ4v) is 2.97. The Hall–Kier alpha value is -2.66. The number of nitrogens with zero attached hydrogens (tertiary/aromatic N) is 3. The first-order chi connectivity index (χ1) is 11.1. The number of imidazole rings is 1. The fourth-order valence-electron chi connectivity index (χ4n) is 2.81. The van der Waals surface area contributed by atoms with E-state index in [9.17, 15) is 9.59 Å². The van der Waals surface area contributed by atoms with Crippen molar-refractivity contribution in [1.29, 1.82) is 0 Å². The molecule has 0 N–H and O–H groups in total. The molecule has 0 radical (unpaired) electrons. The van der Waals surface area contributed by atoms with Crippen LogP contribution in [0, 0.1) is 0 Å². The Morgan fingerprint density at radius 1 is 0.957 bits per heavy atom. The summed E-state index contributed by atoms with van der Waals surface area (Å²) in [5, 5.41) is 0.627. The highest BCUT2D eigenvalue weighted by molar-refractivity contribution is 6.30. The summed E-state index contributed by atoms with van der Waals surface area (Å²) in [7, 11) is 0. The number of rotatable bonds is 3. The number of hydrogen-bond donors (Lipinski definition) is 0. The molecule has 6 heteroatoms. The van der Waals surface area contributed by atoms with E-state index in [1.54, 1.807) is 36.5 Å². The zero-order valence-corrected chi connectivity index (χ0v) is 12.8. The third kappa shape index (κ3) is 2.29. The SMILES string of the molecule is O=C1c2ccccc2C(=O)N1CCc1cn2cc(Cl)ccc2n1. The van der Waals surface area contributed by atoms with Gasteiger partial charge in [-0.2, -0.15) is 0 Å². The molecule has 5 nitrogen and oxygen atoms in total. The number of hydrogen-bond acceptors (Lipinski definition) is 3. The highest BCUT2D eigenvalue weighted by Gasteiger charge is 2.34. The van der Waals surface area contributed by atoms with Crippen molar-refractivity contribution in [3.8, 4) is 0 Å². The number of benzene rings is 1. The van der Waals surface area contributed by atoms with E-state index in [2.05, 4.69) is 4.98 Å². The van der Waals surface area contributed by atoms with Crippen LogP contribution in [0.5, 0.6) is 0 Å². The molecule has 3 aromatic rings. The van der Waals surface area contributed by atoms with Crippen LogP contribution in [0.1, 0.15) is 26.4 Å². The number of halogens is 1. The lowest BCUT2D eigenvalue weighted by Gasteiger charge is -2.12. The second-order valence-corrected chi connectivity index (χ2v) is 5.84. The lowest BCUT2D eigenvalue weighted by molar-refractivity contribution is 0.0656.